The molecule has 0 saturated carbocycles. The van der Waals surface area contributed by atoms with Crippen LogP contribution in [0.4, 0.5) is 0 Å². The second-order valence-electron chi connectivity index (χ2n) is 7.61. The smallest absolute Gasteiger partial charge is 0.195 e. The summed E-state index contributed by atoms with van der Waals surface area (Å²) in [5.74, 6) is 0.674. The molecular weight excluding hydrogens is 364 g/mol. The van der Waals surface area contributed by atoms with Gasteiger partial charge in [0.25, 0.3) is 0 Å². The first-order chi connectivity index (χ1) is 13.8. The number of H-pyrrole nitrogens is 1. The van der Waals surface area contributed by atoms with E-state index in [9.17, 15) is 10.1 Å². The lowest BCUT2D eigenvalue weighted by molar-refractivity contribution is 0.103. The fraction of sp³-hybridized carbons (Fsp3) is 0.333. The van der Waals surface area contributed by atoms with Crippen LogP contribution < -0.4 is 0 Å². The minimum atomic E-state index is -0.345. The molecule has 5 heteroatoms. The van der Waals surface area contributed by atoms with E-state index in [1.54, 1.807) is 19.2 Å². The van der Waals surface area contributed by atoms with Crippen molar-refractivity contribution in [3.63, 3.8) is 0 Å². The number of methoxy groups -OCH3 is 1. The van der Waals surface area contributed by atoms with Gasteiger partial charge in [0.05, 0.1) is 23.8 Å². The summed E-state index contributed by atoms with van der Waals surface area (Å²) >= 11 is 0. The first-order valence-electron chi connectivity index (χ1n) is 9.63. The van der Waals surface area contributed by atoms with Crippen molar-refractivity contribution in [2.45, 2.75) is 33.1 Å². The van der Waals surface area contributed by atoms with E-state index in [0.29, 0.717) is 35.7 Å². The van der Waals surface area contributed by atoms with E-state index >= 15 is 0 Å². The van der Waals surface area contributed by atoms with Crippen LogP contribution >= 0.6 is 0 Å². The minimum Gasteiger partial charge on any atom is -0.492 e. The summed E-state index contributed by atoms with van der Waals surface area (Å²) in [6.07, 6.45) is 5.53. The molecule has 0 amide bonds. The van der Waals surface area contributed by atoms with Crippen molar-refractivity contribution < 1.29 is 14.3 Å². The average molecular weight is 390 g/mol. The van der Waals surface area contributed by atoms with Crippen molar-refractivity contribution >= 4 is 16.7 Å². The third-order valence-electron chi connectivity index (χ3n) is 5.62. The molecule has 0 aliphatic heterocycles. The van der Waals surface area contributed by atoms with Gasteiger partial charge in [-0.2, -0.15) is 5.26 Å². The largest absolute Gasteiger partial charge is 0.492 e. The highest BCUT2D eigenvalue weighted by atomic mass is 16.5. The number of ether oxygens (including phenoxy) is 2. The van der Waals surface area contributed by atoms with E-state index in [1.807, 2.05) is 38.1 Å². The molecule has 1 aliphatic carbocycles. The molecule has 1 aliphatic rings. The van der Waals surface area contributed by atoms with Crippen LogP contribution in [0.3, 0.4) is 0 Å². The summed E-state index contributed by atoms with van der Waals surface area (Å²) in [5, 5.41) is 10.0. The number of nitrogens with zero attached hydrogens (tertiary/aromatic N) is 1. The number of nitriles is 1. The zero-order chi connectivity index (χ0) is 21.2. The maximum Gasteiger partial charge on any atom is 0.195 e. The van der Waals surface area contributed by atoms with Gasteiger partial charge in [-0.15, -0.1) is 0 Å². The Morgan fingerprint density at radius 1 is 1.31 bits per heavy atom. The average Bonchev–Trinajstić information content (AvgIpc) is 3.11. The van der Waals surface area contributed by atoms with Gasteiger partial charge in [-0.25, -0.2) is 0 Å². The SMILES string of the molecule is C/C=C(\C=C/C1=C(C)C(C)(C)c2[nH]c3cc(C#N)ccc3c2C1=O)OCCOC. The number of fused-ring (bicyclic) bond motifs is 3. The monoisotopic (exact) mass is 390 g/mol. The van der Waals surface area contributed by atoms with Crippen LogP contribution in [-0.2, 0) is 14.9 Å². The Morgan fingerprint density at radius 3 is 2.72 bits per heavy atom. The van der Waals surface area contributed by atoms with Gasteiger partial charge in [-0.1, -0.05) is 25.5 Å². The standard InChI is InChI=1S/C24H26N2O3/c1-6-17(29-12-11-28-5)8-10-18-15(2)24(3,4)23-21(22(18)27)19-9-7-16(14-25)13-20(19)26-23/h6-10,13,26H,11-12H2,1-5H3/b10-8-,17-6+. The number of hydrogen-bond donors (Lipinski definition) is 1. The van der Waals surface area contributed by atoms with Gasteiger partial charge in [-0.3, -0.25) is 4.79 Å². The van der Waals surface area contributed by atoms with E-state index < -0.39 is 0 Å². The van der Waals surface area contributed by atoms with Crippen molar-refractivity contribution in [3.8, 4) is 6.07 Å². The van der Waals surface area contributed by atoms with Gasteiger partial charge in [0, 0.05) is 34.7 Å². The highest BCUT2D eigenvalue weighted by Crippen LogP contribution is 2.43. The number of aromatic amines is 1. The number of aromatic nitrogens is 1. The van der Waals surface area contributed by atoms with Crippen molar-refractivity contribution in [3.05, 3.63) is 70.2 Å². The van der Waals surface area contributed by atoms with E-state index in [1.165, 1.54) is 0 Å². The molecule has 2 aromatic rings. The number of hydrogen-bond acceptors (Lipinski definition) is 4. The highest BCUT2D eigenvalue weighted by Gasteiger charge is 2.38. The molecular formula is C24H26N2O3. The van der Waals surface area contributed by atoms with Crippen LogP contribution in [0.25, 0.3) is 10.9 Å². The summed E-state index contributed by atoms with van der Waals surface area (Å²) < 4.78 is 10.7. The summed E-state index contributed by atoms with van der Waals surface area (Å²) in [7, 11) is 1.63. The number of Topliss-reactive ketones (excluding diaryl/α,β-unsaturated/α-hetero) is 1. The first kappa shape index (κ1) is 20.6. The van der Waals surface area contributed by atoms with Gasteiger partial charge in [0.15, 0.2) is 5.78 Å². The summed E-state index contributed by atoms with van der Waals surface area (Å²) in [6.45, 7) is 9.05. The zero-order valence-electron chi connectivity index (χ0n) is 17.6. The molecule has 0 spiro atoms. The lowest BCUT2D eigenvalue weighted by Crippen LogP contribution is -2.29. The Labute approximate surface area is 171 Å². The first-order valence-corrected chi connectivity index (χ1v) is 9.63. The second-order valence-corrected chi connectivity index (χ2v) is 7.61. The number of carbonyl (C=O) groups excluding carboxylic acids is 1. The molecule has 1 heterocycles. The molecule has 150 valence electrons. The summed E-state index contributed by atoms with van der Waals surface area (Å²) in [4.78, 5) is 16.8. The second kappa shape index (κ2) is 8.10. The molecule has 0 radical (unpaired) electrons. The molecule has 0 atom stereocenters. The molecule has 1 aromatic carbocycles. The molecule has 0 unspecified atom stereocenters. The van der Waals surface area contributed by atoms with Crippen molar-refractivity contribution in [1.29, 1.82) is 5.26 Å². The Balaban J connectivity index is 2.04. The maximum atomic E-state index is 13.4. The molecule has 0 fully saturated rings. The van der Waals surface area contributed by atoms with Crippen LogP contribution in [0.5, 0.6) is 0 Å². The topological polar surface area (TPSA) is 75.1 Å². The molecule has 3 rings (SSSR count). The predicted octanol–water partition coefficient (Wildman–Crippen LogP) is 4.95. The number of allylic oxidation sites excluding steroid dienone is 5. The molecule has 0 bridgehead atoms. The molecule has 29 heavy (non-hydrogen) atoms. The normalized spacial score (nSPS) is 16.4. The van der Waals surface area contributed by atoms with Gasteiger partial charge < -0.3 is 14.5 Å². The third-order valence-corrected chi connectivity index (χ3v) is 5.62. The van der Waals surface area contributed by atoms with Crippen molar-refractivity contribution in [2.24, 2.45) is 0 Å². The van der Waals surface area contributed by atoms with Gasteiger partial charge in [0.2, 0.25) is 0 Å². The predicted molar refractivity (Wildman–Crippen MR) is 114 cm³/mol. The highest BCUT2D eigenvalue weighted by molar-refractivity contribution is 6.20. The zero-order valence-corrected chi connectivity index (χ0v) is 17.6. The van der Waals surface area contributed by atoms with Crippen LogP contribution in [0.1, 0.15) is 49.3 Å². The lowest BCUT2D eigenvalue weighted by atomic mass is 9.71. The van der Waals surface area contributed by atoms with Gasteiger partial charge in [0.1, 0.15) is 12.4 Å². The van der Waals surface area contributed by atoms with Gasteiger partial charge >= 0.3 is 0 Å². The van der Waals surface area contributed by atoms with E-state index in [-0.39, 0.29) is 11.2 Å². The Morgan fingerprint density at radius 2 is 2.07 bits per heavy atom. The quantitative estimate of drug-likeness (QED) is 0.430. The Hall–Kier alpha value is -3.10. The number of rotatable bonds is 6. The number of ketones is 1. The molecule has 1 N–H and O–H groups in total. The summed E-state index contributed by atoms with van der Waals surface area (Å²) in [5.41, 5.74) is 4.27. The maximum absolute atomic E-state index is 13.4. The number of nitrogens with one attached hydrogen (secondary N) is 1. The molecule has 5 nitrogen and oxygen atoms in total. The van der Waals surface area contributed by atoms with Crippen LogP contribution in [0.15, 0.2) is 53.3 Å². The molecule has 0 saturated heterocycles. The third kappa shape index (κ3) is 3.64. The van der Waals surface area contributed by atoms with Crippen molar-refractivity contribution in [1.82, 2.24) is 4.98 Å². The van der Waals surface area contributed by atoms with Gasteiger partial charge in [-0.05, 0) is 44.2 Å². The van der Waals surface area contributed by atoms with Crippen molar-refractivity contribution in [2.75, 3.05) is 20.3 Å². The minimum absolute atomic E-state index is 0.0172. The lowest BCUT2D eigenvalue weighted by Gasteiger charge is -2.32. The number of benzene rings is 1. The van der Waals surface area contributed by atoms with Crippen LogP contribution in [-0.4, -0.2) is 31.1 Å². The fourth-order valence-electron chi connectivity index (χ4n) is 3.64. The number of carbonyl (C=O) groups is 1. The van der Waals surface area contributed by atoms with E-state index in [4.69, 9.17) is 9.47 Å². The van der Waals surface area contributed by atoms with E-state index in [0.717, 1.165) is 22.2 Å². The Kier molecular flexibility index (Phi) is 5.76. The Bertz CT molecular complexity index is 1090. The van der Waals surface area contributed by atoms with E-state index in [2.05, 4.69) is 24.9 Å². The fourth-order valence-corrected chi connectivity index (χ4v) is 3.64. The molecule has 1 aromatic heterocycles. The van der Waals surface area contributed by atoms with Crippen LogP contribution in [0, 0.1) is 11.3 Å². The van der Waals surface area contributed by atoms with Crippen LogP contribution in [0.2, 0.25) is 0 Å². The summed E-state index contributed by atoms with van der Waals surface area (Å²) in [6, 6.07) is 7.55.